The number of hydrogen-bond donors (Lipinski definition) is 1. The van der Waals surface area contributed by atoms with E-state index in [4.69, 9.17) is 0 Å². The summed E-state index contributed by atoms with van der Waals surface area (Å²) in [5.41, 5.74) is 1.30. The highest BCUT2D eigenvalue weighted by molar-refractivity contribution is 5.77. The topological polar surface area (TPSA) is 32.3 Å². The number of benzene rings is 1. The van der Waals surface area contributed by atoms with Crippen molar-refractivity contribution in [3.8, 4) is 0 Å². The van der Waals surface area contributed by atoms with Crippen molar-refractivity contribution >= 4 is 11.6 Å². The van der Waals surface area contributed by atoms with Crippen molar-refractivity contribution in [2.75, 3.05) is 18.0 Å². The molecule has 1 aliphatic heterocycles. The van der Waals surface area contributed by atoms with Crippen LogP contribution < -0.4 is 10.2 Å². The van der Waals surface area contributed by atoms with Gasteiger partial charge in [0.1, 0.15) is 6.04 Å². The van der Waals surface area contributed by atoms with E-state index >= 15 is 0 Å². The molecule has 1 aromatic rings. The number of anilines is 1. The van der Waals surface area contributed by atoms with Gasteiger partial charge in [-0.1, -0.05) is 18.2 Å². The van der Waals surface area contributed by atoms with Gasteiger partial charge in [0.25, 0.3) is 0 Å². The lowest BCUT2D eigenvalue weighted by molar-refractivity contribution is -0.147. The Hall–Kier alpha value is -1.72. The molecule has 1 aliphatic rings. The first kappa shape index (κ1) is 13.7. The normalized spacial score (nSPS) is 20.9. The summed E-state index contributed by atoms with van der Waals surface area (Å²) in [5, 5.41) is 2.32. The number of aryl methyl sites for hydroxylation is 1. The lowest BCUT2D eigenvalue weighted by Crippen LogP contribution is -2.50. The zero-order valence-electron chi connectivity index (χ0n) is 10.5. The first-order chi connectivity index (χ1) is 8.89. The number of nitrogens with one attached hydrogen (secondary N) is 1. The van der Waals surface area contributed by atoms with E-state index in [0.29, 0.717) is 5.69 Å². The van der Waals surface area contributed by atoms with Gasteiger partial charge in [-0.25, -0.2) is 0 Å². The fraction of sp³-hybridized carbons (Fsp3) is 0.462. The number of nitrogens with zero attached hydrogens (tertiary/aromatic N) is 1. The highest BCUT2D eigenvalue weighted by Gasteiger charge is 2.45. The van der Waals surface area contributed by atoms with Crippen molar-refractivity contribution in [1.29, 1.82) is 0 Å². The maximum atomic E-state index is 13.1. The second-order valence-electron chi connectivity index (χ2n) is 4.59. The third-order valence-electron chi connectivity index (χ3n) is 3.25. The molecule has 0 aliphatic carbocycles. The predicted octanol–water partition coefficient (Wildman–Crippen LogP) is 2.25. The van der Waals surface area contributed by atoms with Crippen LogP contribution in [0.25, 0.3) is 0 Å². The van der Waals surface area contributed by atoms with Crippen LogP contribution in [0.15, 0.2) is 24.3 Å². The van der Waals surface area contributed by atoms with E-state index in [1.54, 1.807) is 31.2 Å². The van der Waals surface area contributed by atoms with E-state index in [1.807, 2.05) is 0 Å². The van der Waals surface area contributed by atoms with Gasteiger partial charge >= 0.3 is 6.18 Å². The van der Waals surface area contributed by atoms with Crippen molar-refractivity contribution < 1.29 is 18.0 Å². The summed E-state index contributed by atoms with van der Waals surface area (Å²) < 4.78 is 39.4. The molecule has 6 heteroatoms. The zero-order valence-corrected chi connectivity index (χ0v) is 10.5. The minimum absolute atomic E-state index is 0.0703. The Balaban J connectivity index is 2.38. The SMILES string of the molecule is Cc1ccccc1N1CCC(=O)NCC1C(F)(F)F. The van der Waals surface area contributed by atoms with Crippen LogP contribution in [-0.4, -0.2) is 31.2 Å². The van der Waals surface area contributed by atoms with Crippen LogP contribution in [-0.2, 0) is 4.79 Å². The summed E-state index contributed by atoms with van der Waals surface area (Å²) >= 11 is 0. The largest absolute Gasteiger partial charge is 0.410 e. The molecule has 3 nitrogen and oxygen atoms in total. The van der Waals surface area contributed by atoms with E-state index in [1.165, 1.54) is 4.90 Å². The fourth-order valence-electron chi connectivity index (χ4n) is 2.25. The fourth-order valence-corrected chi connectivity index (χ4v) is 2.25. The number of amides is 1. The number of hydrogen-bond acceptors (Lipinski definition) is 2. The third-order valence-corrected chi connectivity index (χ3v) is 3.25. The zero-order chi connectivity index (χ0) is 14.0. The average Bonchev–Trinajstić information content (AvgIpc) is 2.51. The van der Waals surface area contributed by atoms with E-state index in [2.05, 4.69) is 5.32 Å². The predicted molar refractivity (Wildman–Crippen MR) is 66.0 cm³/mol. The van der Waals surface area contributed by atoms with Gasteiger partial charge < -0.3 is 10.2 Å². The van der Waals surface area contributed by atoms with E-state index < -0.39 is 18.8 Å². The molecule has 2 rings (SSSR count). The second-order valence-corrected chi connectivity index (χ2v) is 4.59. The molecule has 1 aromatic carbocycles. The Labute approximate surface area is 109 Å². The minimum atomic E-state index is -4.38. The Kier molecular flexibility index (Phi) is 3.68. The Morgan fingerprint density at radius 1 is 1.32 bits per heavy atom. The average molecular weight is 272 g/mol. The summed E-state index contributed by atoms with van der Waals surface area (Å²) in [6.45, 7) is 1.43. The van der Waals surface area contributed by atoms with Crippen LogP contribution in [0, 0.1) is 6.92 Å². The first-order valence-electron chi connectivity index (χ1n) is 6.05. The molecule has 0 bridgehead atoms. The van der Waals surface area contributed by atoms with Crippen LogP contribution in [0.2, 0.25) is 0 Å². The van der Waals surface area contributed by atoms with Crippen molar-refractivity contribution in [2.45, 2.75) is 25.6 Å². The van der Waals surface area contributed by atoms with Gasteiger partial charge in [0.2, 0.25) is 5.91 Å². The van der Waals surface area contributed by atoms with Gasteiger partial charge in [0.15, 0.2) is 0 Å². The molecular formula is C13H15F3N2O. The van der Waals surface area contributed by atoms with E-state index in [0.717, 1.165) is 5.56 Å². The van der Waals surface area contributed by atoms with Crippen LogP contribution in [0.3, 0.4) is 0 Å². The Morgan fingerprint density at radius 3 is 2.63 bits per heavy atom. The highest BCUT2D eigenvalue weighted by atomic mass is 19.4. The molecule has 104 valence electrons. The molecule has 1 N–H and O–H groups in total. The van der Waals surface area contributed by atoms with Gasteiger partial charge in [-0.15, -0.1) is 0 Å². The molecule has 1 saturated heterocycles. The maximum Gasteiger partial charge on any atom is 0.410 e. The standard InChI is InChI=1S/C13H15F3N2O/c1-9-4-2-3-5-10(9)18-7-6-12(19)17-8-11(18)13(14,15)16/h2-5,11H,6-8H2,1H3,(H,17,19). The van der Waals surface area contributed by atoms with Gasteiger partial charge in [-0.3, -0.25) is 4.79 Å². The molecule has 1 fully saturated rings. The summed E-state index contributed by atoms with van der Waals surface area (Å²) in [6.07, 6.45) is -4.30. The smallest absolute Gasteiger partial charge is 0.358 e. The van der Waals surface area contributed by atoms with Gasteiger partial charge in [-0.2, -0.15) is 13.2 Å². The summed E-state index contributed by atoms with van der Waals surface area (Å²) in [7, 11) is 0. The molecule has 1 amide bonds. The monoisotopic (exact) mass is 272 g/mol. The summed E-state index contributed by atoms with van der Waals surface area (Å²) in [4.78, 5) is 12.6. The molecule has 19 heavy (non-hydrogen) atoms. The van der Waals surface area contributed by atoms with Crippen molar-refractivity contribution in [3.05, 3.63) is 29.8 Å². The third kappa shape index (κ3) is 3.00. The van der Waals surface area contributed by atoms with Crippen molar-refractivity contribution in [1.82, 2.24) is 5.32 Å². The molecule has 1 heterocycles. The quantitative estimate of drug-likeness (QED) is 0.850. The van der Waals surface area contributed by atoms with Gasteiger partial charge in [0.05, 0.1) is 0 Å². The molecular weight excluding hydrogens is 257 g/mol. The van der Waals surface area contributed by atoms with Crippen LogP contribution in [0.5, 0.6) is 0 Å². The molecule has 0 saturated carbocycles. The van der Waals surface area contributed by atoms with Crippen molar-refractivity contribution in [3.63, 3.8) is 0 Å². The minimum Gasteiger partial charge on any atom is -0.358 e. The number of carbonyl (C=O) groups excluding carboxylic acids is 1. The summed E-state index contributed by atoms with van der Waals surface area (Å²) in [6, 6.07) is 5.23. The van der Waals surface area contributed by atoms with Gasteiger partial charge in [0, 0.05) is 25.2 Å². The highest BCUT2D eigenvalue weighted by Crippen LogP contribution is 2.31. The number of carbonyl (C=O) groups is 1. The van der Waals surface area contributed by atoms with Crippen LogP contribution >= 0.6 is 0 Å². The van der Waals surface area contributed by atoms with Crippen molar-refractivity contribution in [2.24, 2.45) is 0 Å². The first-order valence-corrected chi connectivity index (χ1v) is 6.05. The Bertz CT molecular complexity index is 473. The Morgan fingerprint density at radius 2 is 2.00 bits per heavy atom. The molecule has 1 unspecified atom stereocenters. The molecule has 0 spiro atoms. The molecule has 0 radical (unpaired) electrons. The number of halogens is 3. The number of rotatable bonds is 1. The van der Waals surface area contributed by atoms with E-state index in [9.17, 15) is 18.0 Å². The van der Waals surface area contributed by atoms with Crippen LogP contribution in [0.4, 0.5) is 18.9 Å². The van der Waals surface area contributed by atoms with Gasteiger partial charge in [-0.05, 0) is 18.6 Å². The number of alkyl halides is 3. The lowest BCUT2D eigenvalue weighted by Gasteiger charge is -2.33. The molecule has 1 atom stereocenters. The lowest BCUT2D eigenvalue weighted by atomic mass is 10.1. The second kappa shape index (κ2) is 5.11. The van der Waals surface area contributed by atoms with E-state index in [-0.39, 0.29) is 18.9 Å². The molecule has 0 aromatic heterocycles. The summed E-state index contributed by atoms with van der Waals surface area (Å²) in [5.74, 6) is -0.342. The maximum absolute atomic E-state index is 13.1. The number of para-hydroxylation sites is 1. The van der Waals surface area contributed by atoms with Crippen LogP contribution in [0.1, 0.15) is 12.0 Å².